The second kappa shape index (κ2) is 8.92. The summed E-state index contributed by atoms with van der Waals surface area (Å²) in [7, 11) is 0. The minimum atomic E-state index is 0.0149. The number of nitrogens with zero attached hydrogens (tertiary/aromatic N) is 1. The van der Waals surface area contributed by atoms with Gasteiger partial charge in [-0.25, -0.2) is 0 Å². The molecule has 0 fully saturated rings. The van der Waals surface area contributed by atoms with Gasteiger partial charge in [0.25, 0.3) is 0 Å². The molecule has 0 unspecified atom stereocenters. The third-order valence-corrected chi connectivity index (χ3v) is 8.50. The number of hydrogen-bond acceptors (Lipinski definition) is 1. The largest absolute Gasteiger partial charge is 0.310 e. The molecular formula is C36H35N. The Bertz CT molecular complexity index is 1620. The lowest BCUT2D eigenvalue weighted by Gasteiger charge is -2.33. The van der Waals surface area contributed by atoms with Crippen LogP contribution in [0.4, 0.5) is 17.1 Å². The topological polar surface area (TPSA) is 3.24 Å². The molecule has 5 aromatic carbocycles. The molecule has 5 aromatic rings. The van der Waals surface area contributed by atoms with E-state index in [9.17, 15) is 0 Å². The number of anilines is 3. The molecule has 0 aliphatic heterocycles. The van der Waals surface area contributed by atoms with Gasteiger partial charge in [0, 0.05) is 22.2 Å². The van der Waals surface area contributed by atoms with Gasteiger partial charge in [-0.05, 0) is 97.1 Å². The monoisotopic (exact) mass is 481 g/mol. The minimum Gasteiger partial charge on any atom is -0.310 e. The summed E-state index contributed by atoms with van der Waals surface area (Å²) < 4.78 is 0. The van der Waals surface area contributed by atoms with Gasteiger partial charge in [0.2, 0.25) is 0 Å². The number of aryl methyl sites for hydroxylation is 3. The Balaban J connectivity index is 1.73. The lowest BCUT2D eigenvalue weighted by Crippen LogP contribution is -2.23. The molecule has 1 aliphatic rings. The Morgan fingerprint density at radius 3 is 1.95 bits per heavy atom. The van der Waals surface area contributed by atoms with E-state index in [1.807, 2.05) is 0 Å². The van der Waals surface area contributed by atoms with E-state index >= 15 is 0 Å². The van der Waals surface area contributed by atoms with Crippen molar-refractivity contribution in [2.24, 2.45) is 0 Å². The highest BCUT2D eigenvalue weighted by Crippen LogP contribution is 2.57. The summed E-state index contributed by atoms with van der Waals surface area (Å²) in [6.45, 7) is 11.3. The fourth-order valence-corrected chi connectivity index (χ4v) is 6.53. The van der Waals surface area contributed by atoms with E-state index in [4.69, 9.17) is 0 Å². The van der Waals surface area contributed by atoms with Crippen LogP contribution in [0.2, 0.25) is 0 Å². The second-order valence-corrected chi connectivity index (χ2v) is 10.7. The molecule has 0 N–H and O–H groups in total. The van der Waals surface area contributed by atoms with Crippen LogP contribution >= 0.6 is 0 Å². The summed E-state index contributed by atoms with van der Waals surface area (Å²) in [6, 6.07) is 36.4. The van der Waals surface area contributed by atoms with E-state index in [1.165, 1.54) is 66.8 Å². The maximum absolute atomic E-state index is 2.52. The Morgan fingerprint density at radius 1 is 0.568 bits per heavy atom. The van der Waals surface area contributed by atoms with Gasteiger partial charge in [-0.2, -0.15) is 0 Å². The third kappa shape index (κ3) is 3.60. The highest BCUT2D eigenvalue weighted by Gasteiger charge is 2.42. The molecule has 0 spiro atoms. The number of hydrogen-bond donors (Lipinski definition) is 0. The standard InChI is InChI=1S/C36H35N/c1-6-36(7-2)32-22-26(5)17-20-31(32)35-30-14-9-8-13-29(30)34(23-33(35)36)37(27-18-15-24(3)16-19-27)28-12-10-11-25(4)21-28/h8-23H,6-7H2,1-5H3. The van der Waals surface area contributed by atoms with E-state index in [0.29, 0.717) is 0 Å². The number of rotatable bonds is 5. The molecule has 0 saturated heterocycles. The third-order valence-electron chi connectivity index (χ3n) is 8.50. The zero-order valence-electron chi connectivity index (χ0n) is 22.6. The van der Waals surface area contributed by atoms with Crippen LogP contribution in [0, 0.1) is 20.8 Å². The predicted octanol–water partition coefficient (Wildman–Crippen LogP) is 10.3. The summed E-state index contributed by atoms with van der Waals surface area (Å²) in [5, 5.41) is 2.63. The summed E-state index contributed by atoms with van der Waals surface area (Å²) in [5.41, 5.74) is 13.3. The van der Waals surface area contributed by atoms with Crippen LogP contribution in [0.25, 0.3) is 21.9 Å². The second-order valence-electron chi connectivity index (χ2n) is 10.7. The smallest absolute Gasteiger partial charge is 0.0543 e. The molecule has 6 rings (SSSR count). The molecule has 0 radical (unpaired) electrons. The highest BCUT2D eigenvalue weighted by atomic mass is 15.1. The molecule has 37 heavy (non-hydrogen) atoms. The molecule has 0 amide bonds. The van der Waals surface area contributed by atoms with Crippen molar-refractivity contribution >= 4 is 27.8 Å². The first-order valence-corrected chi connectivity index (χ1v) is 13.6. The maximum Gasteiger partial charge on any atom is 0.0543 e. The van der Waals surface area contributed by atoms with E-state index < -0.39 is 0 Å². The van der Waals surface area contributed by atoms with Crippen LogP contribution in [0.3, 0.4) is 0 Å². The summed E-state index contributed by atoms with van der Waals surface area (Å²) in [4.78, 5) is 2.46. The molecule has 0 aromatic heterocycles. The van der Waals surface area contributed by atoms with Gasteiger partial charge < -0.3 is 4.90 Å². The van der Waals surface area contributed by atoms with Gasteiger partial charge in [0.15, 0.2) is 0 Å². The van der Waals surface area contributed by atoms with Crippen molar-refractivity contribution in [1.29, 1.82) is 0 Å². The summed E-state index contributed by atoms with van der Waals surface area (Å²) in [5.74, 6) is 0. The molecule has 1 heteroatoms. The number of fused-ring (bicyclic) bond motifs is 5. The Morgan fingerprint density at radius 2 is 1.24 bits per heavy atom. The first-order valence-electron chi connectivity index (χ1n) is 13.6. The zero-order valence-corrected chi connectivity index (χ0v) is 22.6. The van der Waals surface area contributed by atoms with Crippen molar-refractivity contribution in [1.82, 2.24) is 0 Å². The van der Waals surface area contributed by atoms with Crippen molar-refractivity contribution in [2.75, 3.05) is 4.90 Å². The fraction of sp³-hybridized carbons (Fsp3) is 0.222. The van der Waals surface area contributed by atoms with Crippen LogP contribution in [-0.2, 0) is 5.41 Å². The lowest BCUT2D eigenvalue weighted by molar-refractivity contribution is 0.490. The molecule has 184 valence electrons. The SMILES string of the molecule is CCC1(CC)c2cc(C)ccc2-c2c1cc(N(c1ccc(C)cc1)c1cccc(C)c1)c1ccccc21. The maximum atomic E-state index is 2.52. The van der Waals surface area contributed by atoms with E-state index in [1.54, 1.807) is 0 Å². The Hall–Kier alpha value is -3.84. The van der Waals surface area contributed by atoms with Crippen molar-refractivity contribution in [3.63, 3.8) is 0 Å². The van der Waals surface area contributed by atoms with Gasteiger partial charge in [-0.1, -0.05) is 91.7 Å². The summed E-state index contributed by atoms with van der Waals surface area (Å²) in [6.07, 6.45) is 2.17. The van der Waals surface area contributed by atoms with Crippen molar-refractivity contribution in [2.45, 2.75) is 52.9 Å². The molecule has 0 saturated carbocycles. The molecule has 0 heterocycles. The van der Waals surface area contributed by atoms with Crippen LogP contribution < -0.4 is 4.90 Å². The van der Waals surface area contributed by atoms with E-state index in [-0.39, 0.29) is 5.41 Å². The molecule has 1 aliphatic carbocycles. The average Bonchev–Trinajstić information content (AvgIpc) is 3.19. The van der Waals surface area contributed by atoms with Gasteiger partial charge >= 0.3 is 0 Å². The first kappa shape index (κ1) is 23.6. The van der Waals surface area contributed by atoms with Crippen LogP contribution in [0.15, 0.2) is 97.1 Å². The Labute approximate surface area is 221 Å². The van der Waals surface area contributed by atoms with E-state index in [0.717, 1.165) is 12.8 Å². The molecular weight excluding hydrogens is 446 g/mol. The predicted molar refractivity (Wildman–Crippen MR) is 160 cm³/mol. The molecule has 0 bridgehead atoms. The minimum absolute atomic E-state index is 0.0149. The quantitative estimate of drug-likeness (QED) is 0.241. The van der Waals surface area contributed by atoms with Crippen molar-refractivity contribution in [3.05, 3.63) is 125 Å². The molecule has 1 nitrogen and oxygen atoms in total. The van der Waals surface area contributed by atoms with Crippen LogP contribution in [0.5, 0.6) is 0 Å². The fourth-order valence-electron chi connectivity index (χ4n) is 6.53. The lowest BCUT2D eigenvalue weighted by atomic mass is 9.73. The zero-order chi connectivity index (χ0) is 25.7. The first-order chi connectivity index (χ1) is 18.0. The van der Waals surface area contributed by atoms with Gasteiger partial charge in [0.05, 0.1) is 5.69 Å². The van der Waals surface area contributed by atoms with Crippen LogP contribution in [0.1, 0.15) is 54.5 Å². The average molecular weight is 482 g/mol. The Kier molecular flexibility index (Phi) is 5.68. The highest BCUT2D eigenvalue weighted by molar-refractivity contribution is 6.10. The van der Waals surface area contributed by atoms with Crippen molar-refractivity contribution < 1.29 is 0 Å². The van der Waals surface area contributed by atoms with E-state index in [2.05, 4.69) is 137 Å². The summed E-state index contributed by atoms with van der Waals surface area (Å²) >= 11 is 0. The van der Waals surface area contributed by atoms with Gasteiger partial charge in [0.1, 0.15) is 0 Å². The normalized spacial score (nSPS) is 13.4. The molecule has 0 atom stereocenters. The van der Waals surface area contributed by atoms with Gasteiger partial charge in [-0.3, -0.25) is 0 Å². The van der Waals surface area contributed by atoms with Gasteiger partial charge in [-0.15, -0.1) is 0 Å². The number of benzene rings is 5. The van der Waals surface area contributed by atoms with Crippen LogP contribution in [-0.4, -0.2) is 0 Å². The van der Waals surface area contributed by atoms with Crippen molar-refractivity contribution in [3.8, 4) is 11.1 Å².